The Morgan fingerprint density at radius 2 is 1.66 bits per heavy atom. The second-order valence-corrected chi connectivity index (χ2v) is 18.3. The summed E-state index contributed by atoms with van der Waals surface area (Å²) < 4.78 is 25.4. The third-order valence-corrected chi connectivity index (χ3v) is 12.3. The lowest BCUT2D eigenvalue weighted by molar-refractivity contribution is -0.224. The van der Waals surface area contributed by atoms with Crippen LogP contribution in [-0.2, 0) is 55.9 Å². The minimum absolute atomic E-state index is 0.0209. The summed E-state index contributed by atoms with van der Waals surface area (Å²) in [6.45, 7) is 9.38. The molecule has 3 aliphatic heterocycles. The lowest BCUT2D eigenvalue weighted by Crippen LogP contribution is -2.69. The quantitative estimate of drug-likeness (QED) is 0.0780. The number of amides is 2. The van der Waals surface area contributed by atoms with Gasteiger partial charge in [-0.05, 0) is 69.2 Å². The number of ether oxygens (including phenoxy) is 4. The van der Waals surface area contributed by atoms with E-state index in [0.717, 1.165) is 55.2 Å². The molecule has 0 unspecified atom stereocenters. The first-order valence-corrected chi connectivity index (χ1v) is 22.6. The zero-order valence-electron chi connectivity index (χ0n) is 37.1. The molecule has 4 aliphatic rings. The average Bonchev–Trinajstić information content (AvgIpc) is 3.78. The Morgan fingerprint density at radius 1 is 0.968 bits per heavy atom. The van der Waals surface area contributed by atoms with Gasteiger partial charge in [-0.2, -0.15) is 5.06 Å². The van der Waals surface area contributed by atoms with Crippen LogP contribution in [0.3, 0.4) is 0 Å². The van der Waals surface area contributed by atoms with E-state index >= 15 is 0 Å². The van der Waals surface area contributed by atoms with E-state index in [1.807, 2.05) is 48.6 Å². The first kappa shape index (κ1) is 47.1. The van der Waals surface area contributed by atoms with Gasteiger partial charge < -0.3 is 39.8 Å². The fraction of sp³-hybridized carbons (Fsp3) is 0.625. The van der Waals surface area contributed by atoms with E-state index in [0.29, 0.717) is 19.3 Å². The maximum absolute atomic E-state index is 14.8. The number of aliphatic hydroxyl groups excluding tert-OH is 1. The molecule has 3 saturated heterocycles. The lowest BCUT2D eigenvalue weighted by atomic mass is 9.62. The molecule has 14 nitrogen and oxygen atoms in total. The highest BCUT2D eigenvalue weighted by atomic mass is 16.8. The molecule has 2 aromatic rings. The third-order valence-electron chi connectivity index (χ3n) is 12.3. The van der Waals surface area contributed by atoms with Gasteiger partial charge in [-0.25, -0.2) is 0 Å². The molecule has 14 heteroatoms. The van der Waals surface area contributed by atoms with E-state index in [2.05, 4.69) is 24.5 Å². The average molecular weight is 862 g/mol. The van der Waals surface area contributed by atoms with Crippen LogP contribution in [0.5, 0.6) is 5.75 Å². The zero-order valence-corrected chi connectivity index (χ0v) is 37.1. The van der Waals surface area contributed by atoms with Crippen molar-refractivity contribution < 1.29 is 53.2 Å². The Labute approximate surface area is 366 Å². The Balaban J connectivity index is 1.19. The summed E-state index contributed by atoms with van der Waals surface area (Å²) in [4.78, 5) is 61.0. The molecular formula is C48H67N3O11. The van der Waals surface area contributed by atoms with Crippen LogP contribution in [0.1, 0.15) is 128 Å². The maximum atomic E-state index is 14.8. The minimum atomic E-state index is -1.41. The molecule has 4 N–H and O–H groups in total. The fourth-order valence-electron chi connectivity index (χ4n) is 9.26. The Kier molecular flexibility index (Phi) is 15.9. The largest absolute Gasteiger partial charge is 0.508 e. The molecule has 2 aromatic carbocycles. The van der Waals surface area contributed by atoms with Crippen LogP contribution in [0, 0.1) is 5.41 Å². The number of phenolic OH excluding ortho intramolecular Hbond substituents is 1. The molecule has 1 saturated carbocycles. The summed E-state index contributed by atoms with van der Waals surface area (Å²) in [5.74, 6) is -2.50. The van der Waals surface area contributed by atoms with Crippen LogP contribution in [0.15, 0.2) is 54.6 Å². The van der Waals surface area contributed by atoms with Gasteiger partial charge in [0, 0.05) is 38.6 Å². The van der Waals surface area contributed by atoms with Crippen molar-refractivity contribution in [2.75, 3.05) is 13.2 Å². The SMILES string of the molecule is CCCCCC1(CCCCC)O[C@@H]2[C@H](O1)[C@H]1ON(Cc3ccc(C=CCc4ccccc4O)cc3)[C@@H]3C(=O)O[C@@H]2C[C@]13C(=O)NCCC(=O)N[C@H](CO)CCC(=O)OC(C)(C)C. The highest BCUT2D eigenvalue weighted by Gasteiger charge is 2.76. The number of aliphatic hydroxyl groups is 1. The van der Waals surface area contributed by atoms with Gasteiger partial charge in [0.1, 0.15) is 41.2 Å². The molecule has 4 fully saturated rings. The van der Waals surface area contributed by atoms with E-state index in [9.17, 15) is 29.4 Å². The van der Waals surface area contributed by atoms with E-state index < -0.39 is 77.1 Å². The van der Waals surface area contributed by atoms with Crippen LogP contribution in [0.2, 0.25) is 0 Å². The number of nitrogens with zero attached hydrogens (tertiary/aromatic N) is 1. The summed E-state index contributed by atoms with van der Waals surface area (Å²) in [7, 11) is 0. The predicted octanol–water partition coefficient (Wildman–Crippen LogP) is 6.19. The normalized spacial score (nSPS) is 25.6. The number of fused-ring (bicyclic) bond motifs is 4. The minimum Gasteiger partial charge on any atom is -0.508 e. The second-order valence-electron chi connectivity index (χ2n) is 18.3. The van der Waals surface area contributed by atoms with Crippen LogP contribution in [-0.4, -0.2) is 100 Å². The standard InChI is InChI=1S/C48H67N3O11/c1-6-8-12-26-47(27-13-9-7-2)60-40-37-29-48(45(57)49-28-25-38(54)50-35(31-52)23-24-39(55)59-46(3,4)5)42(44(56)58-37)51(62-43(48)41(40)61-47)30-33-21-19-32(20-22-33)15-14-17-34-16-10-11-18-36(34)53/h10-11,14-16,18-22,35,37,40-43,52-53H,6-9,12-13,17,23-31H2,1-5H3,(H,49,57)(H,50,54)/t35-,37+,40-,41-,42+,43+,48+/m0/s1. The van der Waals surface area contributed by atoms with Gasteiger partial charge in [-0.1, -0.05) is 94.1 Å². The number of nitrogens with one attached hydrogen (secondary N) is 2. The van der Waals surface area contributed by atoms with Crippen molar-refractivity contribution >= 4 is 29.8 Å². The molecule has 0 spiro atoms. The van der Waals surface area contributed by atoms with Crippen LogP contribution in [0.25, 0.3) is 6.08 Å². The van der Waals surface area contributed by atoms with E-state index in [1.165, 1.54) is 0 Å². The van der Waals surface area contributed by atoms with Crippen LogP contribution in [0.4, 0.5) is 0 Å². The number of carbonyl (C=O) groups is 4. The number of para-hydroxylation sites is 1. The summed E-state index contributed by atoms with van der Waals surface area (Å²) in [6.07, 6.45) is 9.11. The number of unbranched alkanes of at least 4 members (excludes halogenated alkanes) is 4. The zero-order chi connectivity index (χ0) is 44.5. The number of aromatic hydroxyl groups is 1. The van der Waals surface area contributed by atoms with Gasteiger partial charge in [0.05, 0.1) is 19.2 Å². The number of hydroxylamine groups is 2. The first-order chi connectivity index (χ1) is 29.7. The summed E-state index contributed by atoms with van der Waals surface area (Å²) >= 11 is 0. The number of benzene rings is 2. The number of hydrogen-bond acceptors (Lipinski definition) is 12. The topological polar surface area (TPSA) is 182 Å². The van der Waals surface area contributed by atoms with Gasteiger partial charge in [0.25, 0.3) is 0 Å². The van der Waals surface area contributed by atoms with Crippen molar-refractivity contribution in [3.05, 3.63) is 71.3 Å². The third kappa shape index (κ3) is 11.2. The Hall–Kier alpha value is -4.34. The van der Waals surface area contributed by atoms with Crippen molar-refractivity contribution in [3.8, 4) is 5.75 Å². The Bertz CT molecular complexity index is 1870. The van der Waals surface area contributed by atoms with Gasteiger partial charge in [0.15, 0.2) is 11.8 Å². The van der Waals surface area contributed by atoms with Crippen molar-refractivity contribution in [3.63, 3.8) is 0 Å². The molecule has 2 bridgehead atoms. The van der Waals surface area contributed by atoms with Gasteiger partial charge >= 0.3 is 11.9 Å². The molecule has 340 valence electrons. The highest BCUT2D eigenvalue weighted by molar-refractivity contribution is 5.94. The number of carbonyl (C=O) groups excluding carboxylic acids is 4. The Morgan fingerprint density at radius 3 is 2.32 bits per heavy atom. The number of hydrogen-bond donors (Lipinski definition) is 4. The van der Waals surface area contributed by atoms with Gasteiger partial charge in [0.2, 0.25) is 11.8 Å². The molecule has 7 atom stereocenters. The van der Waals surface area contributed by atoms with Gasteiger partial charge in [-0.3, -0.25) is 24.0 Å². The van der Waals surface area contributed by atoms with Crippen molar-refractivity contribution in [2.45, 2.75) is 173 Å². The predicted molar refractivity (Wildman–Crippen MR) is 231 cm³/mol. The number of esters is 2. The van der Waals surface area contributed by atoms with Gasteiger partial charge in [-0.15, -0.1) is 0 Å². The number of allylic oxidation sites excluding steroid dienone is 1. The summed E-state index contributed by atoms with van der Waals surface area (Å²) in [5, 5.41) is 27.3. The lowest BCUT2D eigenvalue weighted by Gasteiger charge is -2.48. The number of phenols is 1. The van der Waals surface area contributed by atoms with E-state index in [1.54, 1.807) is 38.0 Å². The van der Waals surface area contributed by atoms with Crippen LogP contribution < -0.4 is 10.6 Å². The maximum Gasteiger partial charge on any atom is 0.327 e. The van der Waals surface area contributed by atoms with Crippen molar-refractivity contribution in [1.29, 1.82) is 0 Å². The molecule has 62 heavy (non-hydrogen) atoms. The molecule has 0 radical (unpaired) electrons. The van der Waals surface area contributed by atoms with Crippen molar-refractivity contribution in [1.82, 2.24) is 15.7 Å². The smallest absolute Gasteiger partial charge is 0.327 e. The molecule has 1 aliphatic carbocycles. The first-order valence-electron chi connectivity index (χ1n) is 22.6. The van der Waals surface area contributed by atoms with E-state index in [4.69, 9.17) is 23.8 Å². The molecule has 0 aromatic heterocycles. The number of rotatable bonds is 22. The van der Waals surface area contributed by atoms with Crippen LogP contribution >= 0.6 is 0 Å². The monoisotopic (exact) mass is 861 g/mol. The fourth-order valence-corrected chi connectivity index (χ4v) is 9.26. The molecule has 3 heterocycles. The summed E-state index contributed by atoms with van der Waals surface area (Å²) in [5.41, 5.74) is 0.580. The molecule has 2 amide bonds. The molecular weight excluding hydrogens is 795 g/mol. The van der Waals surface area contributed by atoms with E-state index in [-0.39, 0.29) is 51.1 Å². The second kappa shape index (κ2) is 20.9. The molecule has 6 rings (SSSR count). The summed E-state index contributed by atoms with van der Waals surface area (Å²) in [6, 6.07) is 13.3. The highest BCUT2D eigenvalue weighted by Crippen LogP contribution is 2.58. The van der Waals surface area contributed by atoms with Crippen molar-refractivity contribution in [2.24, 2.45) is 5.41 Å².